The lowest BCUT2D eigenvalue weighted by atomic mass is 9.99. The molecule has 0 aromatic heterocycles. The fraction of sp³-hybridized carbons (Fsp3) is 0.143. The SMILES string of the molecule is NNC(Cc1ccc(Cl)cc1Cl)c1ccc(F)cc1F. The van der Waals surface area contributed by atoms with Gasteiger partial charge in [0.15, 0.2) is 0 Å². The second kappa shape index (κ2) is 6.50. The zero-order valence-electron chi connectivity index (χ0n) is 10.3. The fourth-order valence-electron chi connectivity index (χ4n) is 1.95. The number of hydrazine groups is 1. The fourth-order valence-corrected chi connectivity index (χ4v) is 2.44. The van der Waals surface area contributed by atoms with E-state index in [0.29, 0.717) is 16.5 Å². The van der Waals surface area contributed by atoms with Gasteiger partial charge in [-0.05, 0) is 30.2 Å². The van der Waals surface area contributed by atoms with Gasteiger partial charge in [-0.2, -0.15) is 0 Å². The van der Waals surface area contributed by atoms with Gasteiger partial charge < -0.3 is 0 Å². The van der Waals surface area contributed by atoms with Crippen molar-refractivity contribution in [1.29, 1.82) is 0 Å². The van der Waals surface area contributed by atoms with Crippen molar-refractivity contribution in [3.63, 3.8) is 0 Å². The molecule has 0 bridgehead atoms. The van der Waals surface area contributed by atoms with Crippen molar-refractivity contribution in [1.82, 2.24) is 5.43 Å². The first kappa shape index (κ1) is 15.2. The maximum Gasteiger partial charge on any atom is 0.130 e. The van der Waals surface area contributed by atoms with Gasteiger partial charge in [-0.25, -0.2) is 8.78 Å². The van der Waals surface area contributed by atoms with Gasteiger partial charge in [-0.1, -0.05) is 35.3 Å². The van der Waals surface area contributed by atoms with Gasteiger partial charge in [-0.3, -0.25) is 11.3 Å². The Kier molecular flexibility index (Phi) is 4.94. The second-order valence-electron chi connectivity index (χ2n) is 4.32. The molecule has 0 amide bonds. The van der Waals surface area contributed by atoms with Crippen LogP contribution in [0.15, 0.2) is 36.4 Å². The van der Waals surface area contributed by atoms with Crippen LogP contribution in [0.2, 0.25) is 10.0 Å². The highest BCUT2D eigenvalue weighted by molar-refractivity contribution is 6.35. The lowest BCUT2D eigenvalue weighted by Crippen LogP contribution is -2.30. The van der Waals surface area contributed by atoms with Crippen molar-refractivity contribution in [2.24, 2.45) is 5.84 Å². The molecule has 2 rings (SSSR count). The van der Waals surface area contributed by atoms with Crippen LogP contribution in [0.3, 0.4) is 0 Å². The van der Waals surface area contributed by atoms with Crippen LogP contribution in [0.5, 0.6) is 0 Å². The van der Waals surface area contributed by atoms with Crippen LogP contribution in [-0.2, 0) is 6.42 Å². The summed E-state index contributed by atoms with van der Waals surface area (Å²) in [6.07, 6.45) is 0.356. The monoisotopic (exact) mass is 316 g/mol. The Labute approximate surface area is 125 Å². The Morgan fingerprint density at radius 3 is 2.45 bits per heavy atom. The number of halogens is 4. The predicted molar refractivity (Wildman–Crippen MR) is 76.6 cm³/mol. The van der Waals surface area contributed by atoms with Crippen molar-refractivity contribution in [2.75, 3.05) is 0 Å². The van der Waals surface area contributed by atoms with E-state index in [1.807, 2.05) is 0 Å². The third-order valence-corrected chi connectivity index (χ3v) is 3.57. The van der Waals surface area contributed by atoms with Gasteiger partial charge in [0.2, 0.25) is 0 Å². The first-order chi connectivity index (χ1) is 9.51. The van der Waals surface area contributed by atoms with Crippen molar-refractivity contribution in [3.8, 4) is 0 Å². The number of nitrogens with two attached hydrogens (primary N) is 1. The molecule has 0 saturated carbocycles. The average molecular weight is 317 g/mol. The van der Waals surface area contributed by atoms with E-state index in [1.54, 1.807) is 18.2 Å². The minimum Gasteiger partial charge on any atom is -0.271 e. The molecule has 6 heteroatoms. The van der Waals surface area contributed by atoms with E-state index in [1.165, 1.54) is 12.1 Å². The summed E-state index contributed by atoms with van der Waals surface area (Å²) in [7, 11) is 0. The molecule has 1 atom stereocenters. The van der Waals surface area contributed by atoms with Gasteiger partial charge >= 0.3 is 0 Å². The van der Waals surface area contributed by atoms with E-state index in [-0.39, 0.29) is 5.56 Å². The van der Waals surface area contributed by atoms with E-state index >= 15 is 0 Å². The highest BCUT2D eigenvalue weighted by atomic mass is 35.5. The largest absolute Gasteiger partial charge is 0.271 e. The molecule has 2 nitrogen and oxygen atoms in total. The van der Waals surface area contributed by atoms with Gasteiger partial charge in [0.05, 0.1) is 6.04 Å². The summed E-state index contributed by atoms with van der Waals surface area (Å²) in [5.41, 5.74) is 3.56. The molecule has 0 fully saturated rings. The molecule has 3 N–H and O–H groups in total. The molecule has 20 heavy (non-hydrogen) atoms. The van der Waals surface area contributed by atoms with E-state index in [4.69, 9.17) is 29.0 Å². The van der Waals surface area contributed by atoms with E-state index < -0.39 is 17.7 Å². The summed E-state index contributed by atoms with van der Waals surface area (Å²) in [6.45, 7) is 0. The summed E-state index contributed by atoms with van der Waals surface area (Å²) < 4.78 is 26.7. The number of benzene rings is 2. The van der Waals surface area contributed by atoms with Gasteiger partial charge in [0, 0.05) is 21.7 Å². The van der Waals surface area contributed by atoms with Crippen molar-refractivity contribution >= 4 is 23.2 Å². The zero-order chi connectivity index (χ0) is 14.7. The molecule has 2 aromatic carbocycles. The number of rotatable bonds is 4. The van der Waals surface area contributed by atoms with Gasteiger partial charge in [-0.15, -0.1) is 0 Å². The Hall–Kier alpha value is -1.20. The van der Waals surface area contributed by atoms with E-state index in [2.05, 4.69) is 5.43 Å². The minimum absolute atomic E-state index is 0.278. The normalized spacial score (nSPS) is 12.4. The molecule has 0 radical (unpaired) electrons. The minimum atomic E-state index is -0.655. The molecular weight excluding hydrogens is 305 g/mol. The predicted octanol–water partition coefficient (Wildman–Crippen LogP) is 4.02. The second-order valence-corrected chi connectivity index (χ2v) is 5.17. The van der Waals surface area contributed by atoms with Crippen LogP contribution in [0.1, 0.15) is 17.2 Å². The first-order valence-electron chi connectivity index (χ1n) is 5.86. The highest BCUT2D eigenvalue weighted by Crippen LogP contribution is 2.27. The Bertz CT molecular complexity index is 620. The summed E-state index contributed by atoms with van der Waals surface area (Å²) in [5.74, 6) is 4.17. The third kappa shape index (κ3) is 3.46. The Morgan fingerprint density at radius 1 is 1.10 bits per heavy atom. The summed E-state index contributed by atoms with van der Waals surface area (Å²) in [4.78, 5) is 0. The van der Waals surface area contributed by atoms with Crippen molar-refractivity contribution in [3.05, 3.63) is 69.2 Å². The number of hydrogen-bond donors (Lipinski definition) is 2. The molecule has 0 heterocycles. The molecule has 0 aliphatic heterocycles. The van der Waals surface area contributed by atoms with Crippen molar-refractivity contribution < 1.29 is 8.78 Å². The summed E-state index contributed by atoms with van der Waals surface area (Å²) >= 11 is 11.9. The van der Waals surface area contributed by atoms with Gasteiger partial charge in [0.1, 0.15) is 11.6 Å². The van der Waals surface area contributed by atoms with Crippen LogP contribution < -0.4 is 11.3 Å². The molecule has 106 valence electrons. The van der Waals surface area contributed by atoms with Crippen LogP contribution in [0.4, 0.5) is 8.78 Å². The van der Waals surface area contributed by atoms with Gasteiger partial charge in [0.25, 0.3) is 0 Å². The first-order valence-corrected chi connectivity index (χ1v) is 6.62. The Balaban J connectivity index is 2.28. The van der Waals surface area contributed by atoms with Crippen LogP contribution in [-0.4, -0.2) is 0 Å². The zero-order valence-corrected chi connectivity index (χ0v) is 11.8. The van der Waals surface area contributed by atoms with Crippen LogP contribution >= 0.6 is 23.2 Å². The summed E-state index contributed by atoms with van der Waals surface area (Å²) in [6, 6.07) is 7.89. The van der Waals surface area contributed by atoms with Crippen LogP contribution in [0.25, 0.3) is 0 Å². The molecule has 0 aliphatic carbocycles. The summed E-state index contributed by atoms with van der Waals surface area (Å²) in [5, 5.41) is 0.990. The average Bonchev–Trinajstić information content (AvgIpc) is 2.39. The van der Waals surface area contributed by atoms with E-state index in [0.717, 1.165) is 11.6 Å². The topological polar surface area (TPSA) is 38.0 Å². The molecule has 0 saturated heterocycles. The third-order valence-electron chi connectivity index (χ3n) is 2.98. The highest BCUT2D eigenvalue weighted by Gasteiger charge is 2.17. The standard InChI is InChI=1S/C14H12Cl2F2N2/c15-9-2-1-8(12(16)6-9)5-14(20-19)11-4-3-10(17)7-13(11)18/h1-4,6-7,14,20H,5,19H2. The maximum atomic E-state index is 13.8. The molecule has 1 unspecified atom stereocenters. The number of nitrogens with one attached hydrogen (secondary N) is 1. The van der Waals surface area contributed by atoms with Crippen molar-refractivity contribution in [2.45, 2.75) is 12.5 Å². The lowest BCUT2D eigenvalue weighted by molar-refractivity contribution is 0.502. The number of hydrogen-bond acceptors (Lipinski definition) is 2. The molecule has 0 spiro atoms. The molecule has 2 aromatic rings. The Morgan fingerprint density at radius 2 is 1.85 bits per heavy atom. The lowest BCUT2D eigenvalue weighted by Gasteiger charge is -2.18. The molecular formula is C14H12Cl2F2N2. The quantitative estimate of drug-likeness (QED) is 0.660. The molecule has 0 aliphatic rings. The van der Waals surface area contributed by atoms with E-state index in [9.17, 15) is 8.78 Å². The smallest absolute Gasteiger partial charge is 0.130 e. The van der Waals surface area contributed by atoms with Crippen LogP contribution in [0, 0.1) is 11.6 Å². The maximum absolute atomic E-state index is 13.8.